The van der Waals surface area contributed by atoms with Crippen LogP contribution in [0.1, 0.15) is 22.8 Å². The van der Waals surface area contributed by atoms with Crippen LogP contribution in [0.2, 0.25) is 0 Å². The van der Waals surface area contributed by atoms with Gasteiger partial charge in [0.2, 0.25) is 0 Å². The van der Waals surface area contributed by atoms with Gasteiger partial charge in [-0.15, -0.1) is 0 Å². The van der Waals surface area contributed by atoms with Gasteiger partial charge in [0.15, 0.2) is 0 Å². The highest BCUT2D eigenvalue weighted by Gasteiger charge is 2.18. The Morgan fingerprint density at radius 1 is 1.28 bits per heavy atom. The summed E-state index contributed by atoms with van der Waals surface area (Å²) in [7, 11) is 1.57. The number of hydrogen-bond donors (Lipinski definition) is 1. The zero-order valence-corrected chi connectivity index (χ0v) is 13.8. The Morgan fingerprint density at radius 3 is 2.60 bits per heavy atom. The smallest absolute Gasteiger partial charge is 0.338 e. The highest BCUT2D eigenvalue weighted by atomic mass is 16.6. The third-order valence-corrected chi connectivity index (χ3v) is 3.22. The Hall–Kier alpha value is -3.42. The predicted octanol–water partition coefficient (Wildman–Crippen LogP) is 3.23. The van der Waals surface area contributed by atoms with E-state index in [4.69, 9.17) is 9.47 Å². The topological polar surface area (TPSA) is 103 Å². The quantitative estimate of drug-likeness (QED) is 0.358. The summed E-state index contributed by atoms with van der Waals surface area (Å²) in [6.07, 6.45) is 1.52. The number of nitrogens with zero attached hydrogens (tertiary/aromatic N) is 2. The molecule has 0 unspecified atom stereocenters. The summed E-state index contributed by atoms with van der Waals surface area (Å²) in [5.74, 6) is 0.106. The number of carbonyl (C=O) groups excluding carboxylic acids is 1. The Bertz CT molecular complexity index is 787. The largest absolute Gasteiger partial charge is 0.497 e. The van der Waals surface area contributed by atoms with Gasteiger partial charge >= 0.3 is 5.97 Å². The fourth-order valence-corrected chi connectivity index (χ4v) is 1.98. The Labute approximate surface area is 144 Å². The zero-order chi connectivity index (χ0) is 18.2. The molecule has 2 aromatic carbocycles. The lowest BCUT2D eigenvalue weighted by Gasteiger charge is -2.05. The van der Waals surface area contributed by atoms with E-state index in [1.54, 1.807) is 38.3 Å². The van der Waals surface area contributed by atoms with Gasteiger partial charge < -0.3 is 9.47 Å². The lowest BCUT2D eigenvalue weighted by atomic mass is 10.2. The molecule has 8 heteroatoms. The minimum atomic E-state index is -0.612. The summed E-state index contributed by atoms with van der Waals surface area (Å²) in [4.78, 5) is 22.3. The molecular formula is C17H17N3O5. The minimum absolute atomic E-state index is 0.109. The van der Waals surface area contributed by atoms with Crippen molar-refractivity contribution in [1.82, 2.24) is 0 Å². The molecule has 0 spiro atoms. The van der Waals surface area contributed by atoms with Crippen LogP contribution in [0.4, 0.5) is 11.4 Å². The summed E-state index contributed by atoms with van der Waals surface area (Å²) < 4.78 is 9.90. The third kappa shape index (κ3) is 4.77. The van der Waals surface area contributed by atoms with E-state index >= 15 is 0 Å². The van der Waals surface area contributed by atoms with Gasteiger partial charge in [-0.05, 0) is 48.9 Å². The predicted molar refractivity (Wildman–Crippen MR) is 93.3 cm³/mol. The summed E-state index contributed by atoms with van der Waals surface area (Å²) >= 11 is 0. The van der Waals surface area contributed by atoms with Crippen molar-refractivity contribution in [3.05, 3.63) is 63.7 Å². The Morgan fingerprint density at radius 2 is 2.00 bits per heavy atom. The number of benzene rings is 2. The Kier molecular flexibility index (Phi) is 6.05. The zero-order valence-electron chi connectivity index (χ0n) is 13.8. The van der Waals surface area contributed by atoms with E-state index in [9.17, 15) is 14.9 Å². The number of carbonyl (C=O) groups is 1. The summed E-state index contributed by atoms with van der Waals surface area (Å²) in [6, 6.07) is 11.1. The number of hydrazone groups is 1. The number of nitro benzene ring substituents is 1. The van der Waals surface area contributed by atoms with Gasteiger partial charge in [-0.25, -0.2) is 4.79 Å². The van der Waals surface area contributed by atoms with Gasteiger partial charge in [0.25, 0.3) is 5.69 Å². The number of esters is 1. The maximum atomic E-state index is 11.7. The van der Waals surface area contributed by atoms with Gasteiger partial charge in [-0.1, -0.05) is 0 Å². The fraction of sp³-hybridized carbons (Fsp3) is 0.176. The van der Waals surface area contributed by atoms with Crippen LogP contribution in [-0.2, 0) is 4.74 Å². The van der Waals surface area contributed by atoms with Crippen LogP contribution in [0, 0.1) is 10.1 Å². The molecule has 2 rings (SSSR count). The molecule has 130 valence electrons. The first kappa shape index (κ1) is 17.9. The number of anilines is 1. The molecule has 0 aliphatic heterocycles. The van der Waals surface area contributed by atoms with E-state index in [1.165, 1.54) is 18.3 Å². The lowest BCUT2D eigenvalue weighted by Crippen LogP contribution is -2.06. The van der Waals surface area contributed by atoms with E-state index in [0.29, 0.717) is 0 Å². The van der Waals surface area contributed by atoms with Crippen molar-refractivity contribution in [1.29, 1.82) is 0 Å². The number of nitro groups is 1. The number of hydrogen-bond acceptors (Lipinski definition) is 7. The van der Waals surface area contributed by atoms with Crippen LogP contribution in [0.25, 0.3) is 0 Å². The van der Waals surface area contributed by atoms with Crippen LogP contribution < -0.4 is 10.2 Å². The molecule has 1 N–H and O–H groups in total. The van der Waals surface area contributed by atoms with E-state index < -0.39 is 10.9 Å². The van der Waals surface area contributed by atoms with E-state index in [2.05, 4.69) is 10.5 Å². The molecule has 0 aliphatic rings. The Balaban J connectivity index is 2.16. The van der Waals surface area contributed by atoms with Crippen molar-refractivity contribution in [2.75, 3.05) is 19.1 Å². The molecule has 25 heavy (non-hydrogen) atoms. The molecule has 8 nitrogen and oxygen atoms in total. The molecule has 0 bridgehead atoms. The second kappa shape index (κ2) is 8.44. The van der Waals surface area contributed by atoms with Crippen molar-refractivity contribution >= 4 is 23.6 Å². The lowest BCUT2D eigenvalue weighted by molar-refractivity contribution is -0.384. The first-order valence-corrected chi connectivity index (χ1v) is 7.44. The minimum Gasteiger partial charge on any atom is -0.497 e. The van der Waals surface area contributed by atoms with E-state index in [1.807, 2.05) is 0 Å². The summed E-state index contributed by atoms with van der Waals surface area (Å²) in [6.45, 7) is 1.86. The van der Waals surface area contributed by atoms with Crippen LogP contribution in [0.5, 0.6) is 5.75 Å². The first-order chi connectivity index (χ1) is 12.0. The molecule has 0 heterocycles. The van der Waals surface area contributed by atoms with Crippen molar-refractivity contribution in [3.8, 4) is 5.75 Å². The average Bonchev–Trinajstić information content (AvgIpc) is 2.62. The SMILES string of the molecule is CCOC(=O)c1ccc(N/N=C/c2ccc(OC)cc2)c([N+](=O)[O-])c1. The molecule has 0 atom stereocenters. The van der Waals surface area contributed by atoms with E-state index in [0.717, 1.165) is 17.4 Å². The molecule has 2 aromatic rings. The van der Waals surface area contributed by atoms with Crippen molar-refractivity contribution in [3.63, 3.8) is 0 Å². The van der Waals surface area contributed by atoms with Crippen molar-refractivity contribution in [2.45, 2.75) is 6.92 Å². The highest BCUT2D eigenvalue weighted by Crippen LogP contribution is 2.26. The molecule has 0 amide bonds. The standard InChI is InChI=1S/C17H17N3O5/c1-3-25-17(21)13-6-9-15(16(10-13)20(22)23)19-18-11-12-4-7-14(24-2)8-5-12/h4-11,19H,3H2,1-2H3/b18-11+. The van der Waals surface area contributed by atoms with Crippen LogP contribution in [-0.4, -0.2) is 30.8 Å². The molecule has 0 aliphatic carbocycles. The molecule has 0 saturated heterocycles. The van der Waals surface area contributed by atoms with Gasteiger partial charge in [-0.2, -0.15) is 5.10 Å². The highest BCUT2D eigenvalue weighted by molar-refractivity contribution is 5.91. The third-order valence-electron chi connectivity index (χ3n) is 3.22. The molecular weight excluding hydrogens is 326 g/mol. The number of nitrogens with one attached hydrogen (secondary N) is 1. The van der Waals surface area contributed by atoms with Gasteiger partial charge in [0.1, 0.15) is 11.4 Å². The number of rotatable bonds is 7. The second-order valence-corrected chi connectivity index (χ2v) is 4.85. The summed E-state index contributed by atoms with van der Waals surface area (Å²) in [5.41, 5.74) is 3.42. The van der Waals surface area contributed by atoms with Crippen molar-refractivity contribution in [2.24, 2.45) is 5.10 Å². The first-order valence-electron chi connectivity index (χ1n) is 7.44. The van der Waals surface area contributed by atoms with Crippen LogP contribution in [0.15, 0.2) is 47.6 Å². The van der Waals surface area contributed by atoms with Gasteiger partial charge in [0, 0.05) is 6.07 Å². The fourth-order valence-electron chi connectivity index (χ4n) is 1.98. The summed E-state index contributed by atoms with van der Waals surface area (Å²) in [5, 5.41) is 15.2. The molecule has 0 fully saturated rings. The van der Waals surface area contributed by atoms with Crippen LogP contribution >= 0.6 is 0 Å². The van der Waals surface area contributed by atoms with E-state index in [-0.39, 0.29) is 23.5 Å². The second-order valence-electron chi connectivity index (χ2n) is 4.85. The van der Waals surface area contributed by atoms with Crippen molar-refractivity contribution < 1.29 is 19.2 Å². The number of ether oxygens (including phenoxy) is 2. The maximum Gasteiger partial charge on any atom is 0.338 e. The maximum absolute atomic E-state index is 11.7. The molecule has 0 radical (unpaired) electrons. The van der Waals surface area contributed by atoms with Gasteiger partial charge in [0.05, 0.1) is 30.4 Å². The van der Waals surface area contributed by atoms with Gasteiger partial charge in [-0.3, -0.25) is 15.5 Å². The molecule has 0 saturated carbocycles. The van der Waals surface area contributed by atoms with Crippen LogP contribution in [0.3, 0.4) is 0 Å². The number of methoxy groups -OCH3 is 1. The molecule has 0 aromatic heterocycles. The normalized spacial score (nSPS) is 10.5. The monoisotopic (exact) mass is 343 g/mol. The average molecular weight is 343 g/mol.